The molecule has 2 aromatic rings. The van der Waals surface area contributed by atoms with E-state index in [1.54, 1.807) is 14.2 Å². The van der Waals surface area contributed by atoms with Crippen molar-refractivity contribution in [1.29, 1.82) is 0 Å². The van der Waals surface area contributed by atoms with Crippen LogP contribution in [0.25, 0.3) is 0 Å². The minimum Gasteiger partial charge on any atom is -0.388 e. The van der Waals surface area contributed by atoms with Gasteiger partial charge in [0.1, 0.15) is 0 Å². The van der Waals surface area contributed by atoms with Gasteiger partial charge in [-0.15, -0.1) is 0 Å². The van der Waals surface area contributed by atoms with Crippen molar-refractivity contribution in [3.8, 4) is 0 Å². The molecule has 0 unspecified atom stereocenters. The van der Waals surface area contributed by atoms with Crippen LogP contribution in [0.5, 0.6) is 0 Å². The molecule has 0 aliphatic carbocycles. The van der Waals surface area contributed by atoms with Crippen molar-refractivity contribution in [3.63, 3.8) is 0 Å². The zero-order valence-electron chi connectivity index (χ0n) is 34.0. The summed E-state index contributed by atoms with van der Waals surface area (Å²) in [4.78, 5) is 0. The van der Waals surface area contributed by atoms with E-state index in [2.05, 4.69) is 18.6 Å². The van der Waals surface area contributed by atoms with Crippen molar-refractivity contribution in [3.05, 3.63) is 72.8 Å². The van der Waals surface area contributed by atoms with Crippen molar-refractivity contribution in [2.75, 3.05) is 14.2 Å². The Labute approximate surface area is 264 Å². The maximum absolute atomic E-state index is 4.25. The molecule has 2 rings (SSSR count). The molecule has 2 aromatic carbocycles. The van der Waals surface area contributed by atoms with E-state index in [1.165, 1.54) is 6.42 Å². The Bertz CT molecular complexity index is 206. The standard InChI is InChI=1S/2C6H6.C3H8.C2H6O.11C2H6/c2*1-2-4-6-5-3-1;2*1-3-2;11*1-2/h2*1-6H;3H2,1-2H3;1-2H3;11*1-2H3. The molecule has 1 nitrogen and oxygen atoms in total. The first-order valence-electron chi connectivity index (χ1n) is 17.2. The Hall–Kier alpha value is -1.60. The highest BCUT2D eigenvalue weighted by atomic mass is 16.4. The first-order valence-corrected chi connectivity index (χ1v) is 17.2. The molecule has 40 heavy (non-hydrogen) atoms. The summed E-state index contributed by atoms with van der Waals surface area (Å²) in [6.07, 6.45) is 1.25. The molecule has 0 aliphatic heterocycles. The van der Waals surface area contributed by atoms with E-state index >= 15 is 0 Å². The maximum Gasteiger partial charge on any atom is 0.0351 e. The number of rotatable bonds is 0. The average Bonchev–Trinajstić information content (AvgIpc) is 3.13. The lowest BCUT2D eigenvalue weighted by Gasteiger charge is -1.69. The van der Waals surface area contributed by atoms with E-state index in [4.69, 9.17) is 0 Å². The smallest absolute Gasteiger partial charge is 0.0351 e. The summed E-state index contributed by atoms with van der Waals surface area (Å²) in [6.45, 7) is 48.2. The van der Waals surface area contributed by atoms with Crippen LogP contribution in [0.3, 0.4) is 0 Å². The number of ether oxygens (including phenoxy) is 1. The molecule has 0 radical (unpaired) electrons. The first kappa shape index (κ1) is 83.3. The van der Waals surface area contributed by atoms with Gasteiger partial charge in [0.15, 0.2) is 0 Å². The highest BCUT2D eigenvalue weighted by Crippen LogP contribution is 1.80. The van der Waals surface area contributed by atoms with E-state index < -0.39 is 0 Å². The van der Waals surface area contributed by atoms with Gasteiger partial charge < -0.3 is 4.74 Å². The predicted octanol–water partition coefficient (Wildman–Crippen LogP) is 16.3. The Morgan fingerprint density at radius 1 is 0.250 bits per heavy atom. The Kier molecular flexibility index (Phi) is 671. The average molecular weight is 577 g/mol. The zero-order chi connectivity index (χ0) is 35.9. The van der Waals surface area contributed by atoms with Gasteiger partial charge in [-0.05, 0) is 0 Å². The van der Waals surface area contributed by atoms with Gasteiger partial charge in [-0.25, -0.2) is 0 Å². The van der Waals surface area contributed by atoms with Crippen molar-refractivity contribution in [2.24, 2.45) is 0 Å². The quantitative estimate of drug-likeness (QED) is 0.303. The molecule has 0 saturated heterocycles. The molecule has 0 amide bonds. The van der Waals surface area contributed by atoms with Crippen LogP contribution in [-0.2, 0) is 4.74 Å². The van der Waals surface area contributed by atoms with E-state index in [9.17, 15) is 0 Å². The lowest BCUT2D eigenvalue weighted by molar-refractivity contribution is 0.277. The molecule has 0 fully saturated rings. The van der Waals surface area contributed by atoms with E-state index in [1.807, 2.05) is 225 Å². The fourth-order valence-corrected chi connectivity index (χ4v) is 0.770. The van der Waals surface area contributed by atoms with Crippen LogP contribution >= 0.6 is 0 Å². The topological polar surface area (TPSA) is 9.23 Å². The van der Waals surface area contributed by atoms with Crippen LogP contribution in [0.2, 0.25) is 0 Å². The molecule has 0 aliphatic rings. The van der Waals surface area contributed by atoms with Gasteiger partial charge in [-0.3, -0.25) is 0 Å². The van der Waals surface area contributed by atoms with Crippen LogP contribution in [-0.4, -0.2) is 14.2 Å². The number of methoxy groups -OCH3 is 1. The van der Waals surface area contributed by atoms with Gasteiger partial charge in [0, 0.05) is 14.2 Å². The molecule has 1 heteroatoms. The third-order valence-corrected chi connectivity index (χ3v) is 1.33. The summed E-state index contributed by atoms with van der Waals surface area (Å²) in [5, 5.41) is 0. The lowest BCUT2D eigenvalue weighted by atomic mass is 10.4. The van der Waals surface area contributed by atoms with Crippen molar-refractivity contribution in [2.45, 2.75) is 173 Å². The largest absolute Gasteiger partial charge is 0.388 e. The van der Waals surface area contributed by atoms with Crippen LogP contribution in [0, 0.1) is 0 Å². The fraction of sp³-hybridized carbons (Fsp3) is 0.692. The zero-order valence-corrected chi connectivity index (χ0v) is 34.0. The summed E-state index contributed by atoms with van der Waals surface area (Å²) >= 11 is 0. The third-order valence-electron chi connectivity index (χ3n) is 1.33. The Balaban J connectivity index is -0.0000000184. The second kappa shape index (κ2) is 322. The van der Waals surface area contributed by atoms with Crippen LogP contribution in [0.15, 0.2) is 72.8 Å². The second-order valence-corrected chi connectivity index (χ2v) is 3.42. The van der Waals surface area contributed by atoms with Gasteiger partial charge in [0.05, 0.1) is 0 Å². The van der Waals surface area contributed by atoms with E-state index in [-0.39, 0.29) is 0 Å². The predicted molar refractivity (Wildman–Crippen MR) is 207 cm³/mol. The molecule has 0 aromatic heterocycles. The summed E-state index contributed by atoms with van der Waals surface area (Å²) in [5.41, 5.74) is 0. The Morgan fingerprint density at radius 3 is 0.300 bits per heavy atom. The van der Waals surface area contributed by atoms with Gasteiger partial charge >= 0.3 is 0 Å². The molecule has 0 saturated carbocycles. The molecular formula is C39H92O. The monoisotopic (exact) mass is 577 g/mol. The van der Waals surface area contributed by atoms with Gasteiger partial charge in [0.2, 0.25) is 0 Å². The minimum atomic E-state index is 1.25. The normalized spacial score (nSPS) is 4.95. The minimum absolute atomic E-state index is 1.25. The highest BCUT2D eigenvalue weighted by molar-refractivity contribution is 4.99. The van der Waals surface area contributed by atoms with Crippen molar-refractivity contribution >= 4 is 0 Å². The van der Waals surface area contributed by atoms with Gasteiger partial charge in [-0.2, -0.15) is 0 Å². The Morgan fingerprint density at radius 2 is 0.275 bits per heavy atom. The third kappa shape index (κ3) is 422. The number of hydrogen-bond acceptors (Lipinski definition) is 1. The van der Waals surface area contributed by atoms with Crippen LogP contribution < -0.4 is 0 Å². The van der Waals surface area contributed by atoms with Crippen molar-refractivity contribution in [1.82, 2.24) is 0 Å². The SMILES string of the molecule is CC.CC.CC.CC.CC.CC.CC.CC.CC.CC.CC.CCC.COC.c1ccccc1.c1ccccc1. The summed E-state index contributed by atoms with van der Waals surface area (Å²) < 4.78 is 4.25. The molecule has 0 atom stereocenters. The second-order valence-electron chi connectivity index (χ2n) is 3.42. The van der Waals surface area contributed by atoms with E-state index in [0.717, 1.165) is 0 Å². The number of benzene rings is 2. The van der Waals surface area contributed by atoms with Gasteiger partial charge in [-0.1, -0.05) is 245 Å². The first-order chi connectivity index (χ1) is 19.8. The van der Waals surface area contributed by atoms with E-state index in [0.29, 0.717) is 0 Å². The summed E-state index contributed by atoms with van der Waals surface area (Å²) in [5.74, 6) is 0. The highest BCUT2D eigenvalue weighted by Gasteiger charge is 1.58. The molecular weight excluding hydrogens is 484 g/mol. The maximum atomic E-state index is 4.25. The number of hydrogen-bond donors (Lipinski definition) is 0. The molecule has 254 valence electrons. The fourth-order valence-electron chi connectivity index (χ4n) is 0.770. The van der Waals surface area contributed by atoms with Crippen LogP contribution in [0.1, 0.15) is 173 Å². The molecule has 0 N–H and O–H groups in total. The molecule has 0 spiro atoms. The van der Waals surface area contributed by atoms with Crippen molar-refractivity contribution < 1.29 is 4.74 Å². The molecule has 0 heterocycles. The summed E-state index contributed by atoms with van der Waals surface area (Å²) in [6, 6.07) is 24.0. The van der Waals surface area contributed by atoms with Crippen LogP contribution in [0.4, 0.5) is 0 Å². The molecule has 0 bridgehead atoms. The lowest BCUT2D eigenvalue weighted by Crippen LogP contribution is -1.55. The van der Waals surface area contributed by atoms with Gasteiger partial charge in [0.25, 0.3) is 0 Å². The summed E-state index contributed by atoms with van der Waals surface area (Å²) in [7, 11) is 3.25.